The summed E-state index contributed by atoms with van der Waals surface area (Å²) >= 11 is 0. The number of amides is 1. The number of ether oxygens (including phenoxy) is 1. The molecule has 0 heterocycles. The Balaban J connectivity index is 2.52. The highest BCUT2D eigenvalue weighted by molar-refractivity contribution is 5.87. The predicted octanol–water partition coefficient (Wildman–Crippen LogP) is 0.418. The Bertz CT molecular complexity index is 513. The van der Waals surface area contributed by atoms with Crippen molar-refractivity contribution in [2.24, 2.45) is 0 Å². The van der Waals surface area contributed by atoms with Crippen molar-refractivity contribution in [3.05, 3.63) is 29.8 Å². The number of carboxylic acid groups (broad SMARTS) is 2. The van der Waals surface area contributed by atoms with Gasteiger partial charge in [0.05, 0.1) is 6.42 Å². The molecule has 108 valence electrons. The fourth-order valence-electron chi connectivity index (χ4n) is 1.47. The molecule has 1 amide bonds. The molecule has 0 aromatic heterocycles. The topological polar surface area (TPSA) is 113 Å². The second-order valence-corrected chi connectivity index (χ2v) is 4.11. The fourth-order valence-corrected chi connectivity index (χ4v) is 1.47. The maximum Gasteiger partial charge on any atom is 0.326 e. The number of nitrogens with one attached hydrogen (secondary N) is 1. The van der Waals surface area contributed by atoms with Crippen LogP contribution < -0.4 is 10.1 Å². The van der Waals surface area contributed by atoms with E-state index >= 15 is 0 Å². The molecule has 0 bridgehead atoms. The van der Waals surface area contributed by atoms with Crippen LogP contribution in [0.4, 0.5) is 0 Å². The lowest BCUT2D eigenvalue weighted by Gasteiger charge is -2.13. The van der Waals surface area contributed by atoms with E-state index in [-0.39, 0.29) is 6.61 Å². The van der Waals surface area contributed by atoms with Gasteiger partial charge >= 0.3 is 11.9 Å². The van der Waals surface area contributed by atoms with Crippen molar-refractivity contribution in [1.82, 2.24) is 5.32 Å². The van der Waals surface area contributed by atoms with Gasteiger partial charge in [-0.05, 0) is 18.6 Å². The van der Waals surface area contributed by atoms with Crippen LogP contribution in [0.3, 0.4) is 0 Å². The highest BCUT2D eigenvalue weighted by Crippen LogP contribution is 2.15. The maximum atomic E-state index is 11.5. The van der Waals surface area contributed by atoms with Crippen molar-refractivity contribution in [2.45, 2.75) is 19.4 Å². The number of aliphatic carboxylic acids is 2. The third-order valence-electron chi connectivity index (χ3n) is 2.46. The van der Waals surface area contributed by atoms with E-state index in [1.165, 1.54) is 0 Å². The number of aryl methyl sites for hydroxylation is 1. The van der Waals surface area contributed by atoms with Gasteiger partial charge in [-0.3, -0.25) is 9.59 Å². The maximum absolute atomic E-state index is 11.5. The number of carbonyl (C=O) groups is 3. The molecule has 0 saturated heterocycles. The molecule has 1 aromatic rings. The summed E-state index contributed by atoms with van der Waals surface area (Å²) < 4.78 is 5.23. The second-order valence-electron chi connectivity index (χ2n) is 4.11. The molecule has 1 aromatic carbocycles. The Kier molecular flexibility index (Phi) is 5.52. The van der Waals surface area contributed by atoms with Crippen molar-refractivity contribution in [1.29, 1.82) is 0 Å². The van der Waals surface area contributed by atoms with Crippen LogP contribution in [0.15, 0.2) is 24.3 Å². The Morgan fingerprint density at radius 3 is 2.45 bits per heavy atom. The number of benzene rings is 1. The number of para-hydroxylation sites is 1. The summed E-state index contributed by atoms with van der Waals surface area (Å²) in [5, 5.41) is 19.4. The molecule has 7 nitrogen and oxygen atoms in total. The average molecular weight is 281 g/mol. The standard InChI is InChI=1S/C13H15NO6/c1-8-4-2-3-5-10(8)20-7-11(15)14-9(13(18)19)6-12(16)17/h2-5,9H,6-7H2,1H3,(H,14,15)(H,16,17)(H,18,19). The first-order valence-corrected chi connectivity index (χ1v) is 5.82. The van der Waals surface area contributed by atoms with Crippen LogP contribution in [0.2, 0.25) is 0 Å². The first kappa shape index (κ1) is 15.5. The Hall–Kier alpha value is -2.57. The van der Waals surface area contributed by atoms with Gasteiger partial charge in [0.2, 0.25) is 0 Å². The Morgan fingerprint density at radius 2 is 1.90 bits per heavy atom. The van der Waals surface area contributed by atoms with Gasteiger partial charge in [-0.15, -0.1) is 0 Å². The van der Waals surface area contributed by atoms with Gasteiger partial charge < -0.3 is 20.3 Å². The summed E-state index contributed by atoms with van der Waals surface area (Å²) in [7, 11) is 0. The lowest BCUT2D eigenvalue weighted by Crippen LogP contribution is -2.44. The summed E-state index contributed by atoms with van der Waals surface area (Å²) in [5.41, 5.74) is 0.834. The monoisotopic (exact) mass is 281 g/mol. The molecule has 0 saturated carbocycles. The number of carbonyl (C=O) groups excluding carboxylic acids is 1. The molecule has 0 aliphatic rings. The predicted molar refractivity (Wildman–Crippen MR) is 68.5 cm³/mol. The van der Waals surface area contributed by atoms with E-state index in [0.717, 1.165) is 5.56 Å². The summed E-state index contributed by atoms with van der Waals surface area (Å²) in [6.45, 7) is 1.42. The van der Waals surface area contributed by atoms with Crippen LogP contribution in [-0.2, 0) is 14.4 Å². The minimum Gasteiger partial charge on any atom is -0.484 e. The van der Waals surface area contributed by atoms with E-state index < -0.39 is 30.3 Å². The molecule has 7 heteroatoms. The lowest BCUT2D eigenvalue weighted by atomic mass is 10.2. The van der Waals surface area contributed by atoms with E-state index in [1.807, 2.05) is 6.07 Å². The van der Waals surface area contributed by atoms with Crippen molar-refractivity contribution in [3.8, 4) is 5.75 Å². The molecule has 0 spiro atoms. The van der Waals surface area contributed by atoms with E-state index in [2.05, 4.69) is 5.32 Å². The van der Waals surface area contributed by atoms with Gasteiger partial charge in [0.25, 0.3) is 5.91 Å². The molecule has 1 unspecified atom stereocenters. The molecule has 3 N–H and O–H groups in total. The molecule has 0 aliphatic heterocycles. The summed E-state index contributed by atoms with van der Waals surface area (Å²) in [6, 6.07) is 5.56. The minimum absolute atomic E-state index is 0.381. The molecular weight excluding hydrogens is 266 g/mol. The van der Waals surface area contributed by atoms with Crippen LogP contribution in [0, 0.1) is 6.92 Å². The van der Waals surface area contributed by atoms with E-state index in [0.29, 0.717) is 5.75 Å². The van der Waals surface area contributed by atoms with Gasteiger partial charge in [0.15, 0.2) is 6.61 Å². The first-order chi connectivity index (χ1) is 9.40. The lowest BCUT2D eigenvalue weighted by molar-refractivity contribution is -0.147. The van der Waals surface area contributed by atoms with Crippen LogP contribution in [0.1, 0.15) is 12.0 Å². The Labute approximate surface area is 115 Å². The van der Waals surface area contributed by atoms with Gasteiger partial charge in [-0.1, -0.05) is 18.2 Å². The molecule has 0 radical (unpaired) electrons. The van der Waals surface area contributed by atoms with Crippen LogP contribution >= 0.6 is 0 Å². The third-order valence-corrected chi connectivity index (χ3v) is 2.46. The zero-order valence-corrected chi connectivity index (χ0v) is 10.8. The quantitative estimate of drug-likeness (QED) is 0.667. The summed E-state index contributed by atoms with van der Waals surface area (Å²) in [4.78, 5) is 32.8. The van der Waals surface area contributed by atoms with E-state index in [4.69, 9.17) is 14.9 Å². The van der Waals surface area contributed by atoms with Crippen LogP contribution in [0.25, 0.3) is 0 Å². The second kappa shape index (κ2) is 7.13. The van der Waals surface area contributed by atoms with Gasteiger partial charge in [0, 0.05) is 0 Å². The molecular formula is C13H15NO6. The van der Waals surface area contributed by atoms with Crippen molar-refractivity contribution in [2.75, 3.05) is 6.61 Å². The largest absolute Gasteiger partial charge is 0.484 e. The SMILES string of the molecule is Cc1ccccc1OCC(=O)NC(CC(=O)O)C(=O)O. The number of rotatable bonds is 7. The smallest absolute Gasteiger partial charge is 0.326 e. The zero-order chi connectivity index (χ0) is 15.1. The van der Waals surface area contributed by atoms with Crippen molar-refractivity contribution < 1.29 is 29.3 Å². The van der Waals surface area contributed by atoms with Gasteiger partial charge in [-0.25, -0.2) is 4.79 Å². The third kappa shape index (κ3) is 4.97. The Morgan fingerprint density at radius 1 is 1.25 bits per heavy atom. The summed E-state index contributed by atoms with van der Waals surface area (Å²) in [5.74, 6) is -2.90. The van der Waals surface area contributed by atoms with Crippen molar-refractivity contribution in [3.63, 3.8) is 0 Å². The minimum atomic E-state index is -1.47. The van der Waals surface area contributed by atoms with Crippen LogP contribution in [0.5, 0.6) is 5.75 Å². The molecule has 1 atom stereocenters. The molecule has 1 rings (SSSR count). The van der Waals surface area contributed by atoms with Crippen LogP contribution in [-0.4, -0.2) is 40.7 Å². The molecule has 0 fully saturated rings. The zero-order valence-electron chi connectivity index (χ0n) is 10.8. The highest BCUT2D eigenvalue weighted by Gasteiger charge is 2.23. The van der Waals surface area contributed by atoms with Gasteiger partial charge in [-0.2, -0.15) is 0 Å². The molecule has 0 aliphatic carbocycles. The fraction of sp³-hybridized carbons (Fsp3) is 0.308. The summed E-state index contributed by atoms with van der Waals surface area (Å²) in [6.07, 6.45) is -0.689. The number of carboxylic acids is 2. The normalized spacial score (nSPS) is 11.4. The first-order valence-electron chi connectivity index (χ1n) is 5.82. The van der Waals surface area contributed by atoms with E-state index in [9.17, 15) is 14.4 Å². The molecule has 20 heavy (non-hydrogen) atoms. The van der Waals surface area contributed by atoms with Gasteiger partial charge in [0.1, 0.15) is 11.8 Å². The number of hydrogen-bond acceptors (Lipinski definition) is 4. The number of hydrogen-bond donors (Lipinski definition) is 3. The van der Waals surface area contributed by atoms with Crippen molar-refractivity contribution >= 4 is 17.8 Å². The highest BCUT2D eigenvalue weighted by atomic mass is 16.5. The van der Waals surface area contributed by atoms with E-state index in [1.54, 1.807) is 25.1 Å². The average Bonchev–Trinajstić information content (AvgIpc) is 2.36.